The Morgan fingerprint density at radius 1 is 1.26 bits per heavy atom. The summed E-state index contributed by atoms with van der Waals surface area (Å²) < 4.78 is 23.0. The van der Waals surface area contributed by atoms with Crippen molar-refractivity contribution in [2.24, 2.45) is 0 Å². The second kappa shape index (κ2) is 9.48. The van der Waals surface area contributed by atoms with E-state index in [1.807, 2.05) is 10.9 Å². The average Bonchev–Trinajstić information content (AvgIpc) is 3.47. The molecule has 1 saturated heterocycles. The number of hydrogen-bond donors (Lipinski definition) is 1. The van der Waals surface area contributed by atoms with Crippen molar-refractivity contribution in [3.05, 3.63) is 42.1 Å². The predicted octanol–water partition coefficient (Wildman–Crippen LogP) is 3.76. The third-order valence-electron chi connectivity index (χ3n) is 6.56. The van der Waals surface area contributed by atoms with Crippen molar-refractivity contribution in [1.82, 2.24) is 29.4 Å². The second-order valence-electron chi connectivity index (χ2n) is 8.90. The van der Waals surface area contributed by atoms with E-state index in [9.17, 15) is 4.39 Å². The van der Waals surface area contributed by atoms with Crippen molar-refractivity contribution in [3.8, 4) is 5.75 Å². The van der Waals surface area contributed by atoms with Gasteiger partial charge >= 0.3 is 0 Å². The van der Waals surface area contributed by atoms with Crippen LogP contribution in [0.2, 0.25) is 0 Å². The maximum absolute atomic E-state index is 14.4. The van der Waals surface area contributed by atoms with E-state index in [0.29, 0.717) is 22.4 Å². The van der Waals surface area contributed by atoms with Crippen LogP contribution in [0.5, 0.6) is 5.75 Å². The number of methoxy groups -OCH3 is 1. The maximum atomic E-state index is 14.4. The normalized spacial score (nSPS) is 17.4. The molecule has 180 valence electrons. The van der Waals surface area contributed by atoms with E-state index in [4.69, 9.17) is 15.5 Å². The number of nitrogens with two attached hydrogens (primary N) is 1. The first-order valence-corrected chi connectivity index (χ1v) is 11.1. The fraction of sp³-hybridized carbons (Fsp3) is 0.435. The van der Waals surface area contributed by atoms with Crippen molar-refractivity contribution >= 4 is 28.2 Å². The maximum Gasteiger partial charge on any atom is 0.223 e. The van der Waals surface area contributed by atoms with Crippen molar-refractivity contribution in [3.63, 3.8) is 0 Å². The average molecular weight is 547 g/mol. The van der Waals surface area contributed by atoms with Gasteiger partial charge in [-0.05, 0) is 18.9 Å². The number of anilines is 2. The number of halogens is 1. The van der Waals surface area contributed by atoms with Gasteiger partial charge in [0.2, 0.25) is 5.95 Å². The van der Waals surface area contributed by atoms with Crippen molar-refractivity contribution < 1.29 is 30.2 Å². The molecular formula is C23H28FMoN8O-. The van der Waals surface area contributed by atoms with E-state index in [1.165, 1.54) is 29.7 Å². The van der Waals surface area contributed by atoms with E-state index in [0.717, 1.165) is 31.6 Å². The van der Waals surface area contributed by atoms with Gasteiger partial charge in [-0.25, -0.2) is 14.4 Å². The number of ether oxygens (including phenoxy) is 1. The van der Waals surface area contributed by atoms with Crippen molar-refractivity contribution in [2.75, 3.05) is 30.8 Å². The summed E-state index contributed by atoms with van der Waals surface area (Å²) in [4.78, 5) is 11.5. The van der Waals surface area contributed by atoms with Crippen LogP contribution in [0.25, 0.3) is 16.6 Å². The molecule has 4 heterocycles. The Kier molecular flexibility index (Phi) is 6.80. The van der Waals surface area contributed by atoms with E-state index in [2.05, 4.69) is 47.0 Å². The van der Waals surface area contributed by atoms with Crippen molar-refractivity contribution in [2.45, 2.75) is 45.6 Å². The van der Waals surface area contributed by atoms with E-state index < -0.39 is 5.82 Å². The van der Waals surface area contributed by atoms with Gasteiger partial charge in [0.15, 0.2) is 23.0 Å². The minimum absolute atomic E-state index is 0. The number of hydrogen-bond acceptors (Lipinski definition) is 7. The Labute approximate surface area is 211 Å². The Bertz CT molecular complexity index is 1320. The molecule has 0 saturated carbocycles. The van der Waals surface area contributed by atoms with Crippen LogP contribution in [-0.2, 0) is 21.1 Å². The Hall–Kier alpha value is -2.74. The molecule has 1 aromatic carbocycles. The van der Waals surface area contributed by atoms with Gasteiger partial charge in [0.05, 0.1) is 24.5 Å². The van der Waals surface area contributed by atoms with Gasteiger partial charge < -0.3 is 15.4 Å². The molecule has 3 aromatic heterocycles. The van der Waals surface area contributed by atoms with Crippen molar-refractivity contribution in [1.29, 1.82) is 0 Å². The second-order valence-corrected chi connectivity index (χ2v) is 8.90. The van der Waals surface area contributed by atoms with Crippen LogP contribution in [0.15, 0.2) is 24.5 Å². The number of benzene rings is 1. The zero-order valence-corrected chi connectivity index (χ0v) is 21.7. The van der Waals surface area contributed by atoms with Gasteiger partial charge in [0.25, 0.3) is 0 Å². The number of nitrogens with zero attached hydrogens (tertiary/aromatic N) is 7. The molecule has 34 heavy (non-hydrogen) atoms. The molecule has 0 amide bonds. The first-order valence-electron chi connectivity index (χ1n) is 11.1. The van der Waals surface area contributed by atoms with Crippen LogP contribution in [0.4, 0.5) is 16.0 Å². The number of aromatic nitrogens is 6. The van der Waals surface area contributed by atoms with Gasteiger partial charge in [-0.1, -0.05) is 13.0 Å². The van der Waals surface area contributed by atoms with Crippen LogP contribution >= 0.6 is 0 Å². The molecule has 0 radical (unpaired) electrons. The van der Waals surface area contributed by atoms with Crippen LogP contribution in [0, 0.1) is 11.7 Å². The predicted molar refractivity (Wildman–Crippen MR) is 125 cm³/mol. The molecule has 0 spiro atoms. The fourth-order valence-corrected chi connectivity index (χ4v) is 4.37. The number of rotatable bonds is 5. The zero-order valence-electron chi connectivity index (χ0n) is 19.7. The van der Waals surface area contributed by atoms with E-state index in [-0.39, 0.29) is 44.7 Å². The summed E-state index contributed by atoms with van der Waals surface area (Å²) in [5.41, 5.74) is 8.28. The SMILES string of the molecule is COc1cc2nc(N)n3nc([C@@H]4CCCN(c5cnn([C@H](C)[C-](C)C)c5)C4)nc3c2cc1F.[Mo]. The Balaban J connectivity index is 0.00000274. The quantitative estimate of drug-likeness (QED) is 0.300. The minimum Gasteiger partial charge on any atom is -0.494 e. The summed E-state index contributed by atoms with van der Waals surface area (Å²) in [6.45, 7) is 8.11. The first-order chi connectivity index (χ1) is 15.9. The molecule has 1 aliphatic rings. The standard InChI is InChI=1S/C23H28FN8O.Mo/c1-13(2)14(3)31-12-16(10-26-31)30-7-5-6-15(11-30)21-28-22-17-8-18(24)20(33-4)9-19(17)27-23(25)32(22)29-21;/h8-10,12,14-15H,5-7,11H2,1-4H3,(H2,25,27);/q-1;/t14-,15-;/m1./s1. The molecule has 0 unspecified atom stereocenters. The number of nitrogen functional groups attached to an aromatic ring is 1. The van der Waals surface area contributed by atoms with E-state index in [1.54, 1.807) is 0 Å². The smallest absolute Gasteiger partial charge is 0.223 e. The fourth-order valence-electron chi connectivity index (χ4n) is 4.37. The third kappa shape index (κ3) is 4.24. The molecule has 1 fully saturated rings. The molecule has 0 bridgehead atoms. The Morgan fingerprint density at radius 2 is 2.06 bits per heavy atom. The largest absolute Gasteiger partial charge is 0.494 e. The number of fused-ring (bicyclic) bond motifs is 3. The van der Waals surface area contributed by atoms with Gasteiger partial charge in [-0.2, -0.15) is 23.5 Å². The minimum atomic E-state index is -0.474. The monoisotopic (exact) mass is 549 g/mol. The summed E-state index contributed by atoms with van der Waals surface area (Å²) in [6.07, 6.45) is 6.00. The first kappa shape index (κ1) is 24.4. The molecule has 5 rings (SSSR count). The van der Waals surface area contributed by atoms with Gasteiger partial charge in [0, 0.05) is 57.7 Å². The van der Waals surface area contributed by atoms with Gasteiger partial charge in [0.1, 0.15) is 0 Å². The van der Waals surface area contributed by atoms with Gasteiger partial charge in [-0.3, -0.25) is 10.6 Å². The van der Waals surface area contributed by atoms with Crippen LogP contribution in [-0.4, -0.2) is 49.6 Å². The topological polar surface area (TPSA) is 99.4 Å². The zero-order chi connectivity index (χ0) is 23.3. The molecule has 4 aromatic rings. The summed E-state index contributed by atoms with van der Waals surface area (Å²) in [5, 5.41) is 9.77. The summed E-state index contributed by atoms with van der Waals surface area (Å²) in [7, 11) is 1.42. The molecule has 0 aliphatic carbocycles. The van der Waals surface area contributed by atoms with Crippen LogP contribution in [0.1, 0.15) is 51.4 Å². The molecular weight excluding hydrogens is 519 g/mol. The van der Waals surface area contributed by atoms with Crippen LogP contribution < -0.4 is 15.4 Å². The summed E-state index contributed by atoms with van der Waals surface area (Å²) in [6, 6.07) is 3.16. The summed E-state index contributed by atoms with van der Waals surface area (Å²) in [5.74, 6) is 1.97. The molecule has 1 aliphatic heterocycles. The molecule has 2 N–H and O–H groups in total. The molecule has 11 heteroatoms. The summed E-state index contributed by atoms with van der Waals surface area (Å²) >= 11 is 0. The third-order valence-corrected chi connectivity index (χ3v) is 6.56. The van der Waals surface area contributed by atoms with Crippen LogP contribution in [0.3, 0.4) is 0 Å². The Morgan fingerprint density at radius 3 is 2.79 bits per heavy atom. The van der Waals surface area contributed by atoms with Gasteiger partial charge in [-0.15, -0.1) is 5.10 Å². The number of piperidine rings is 1. The molecule has 9 nitrogen and oxygen atoms in total. The van der Waals surface area contributed by atoms with E-state index >= 15 is 0 Å². The molecule has 2 atom stereocenters.